The van der Waals surface area contributed by atoms with E-state index < -0.39 is 0 Å². The first-order valence-corrected chi connectivity index (χ1v) is 10.9. The average Bonchev–Trinajstić information content (AvgIpc) is 3.44. The minimum atomic E-state index is -0.00698. The molecule has 0 aromatic carbocycles. The Hall–Kier alpha value is -2.33. The Morgan fingerprint density at radius 1 is 1.00 bits per heavy atom. The Labute approximate surface area is 169 Å². The van der Waals surface area contributed by atoms with Crippen LogP contribution in [0.2, 0.25) is 0 Å². The molecule has 0 saturated carbocycles. The molecule has 5 rings (SSSR count). The number of aromatic nitrogens is 3. The molecule has 0 spiro atoms. The van der Waals surface area contributed by atoms with Crippen molar-refractivity contribution in [3.05, 3.63) is 63.2 Å². The number of piperazine rings is 1. The van der Waals surface area contributed by atoms with E-state index in [1.54, 1.807) is 34.3 Å². The summed E-state index contributed by atoms with van der Waals surface area (Å²) < 4.78 is 7.21. The van der Waals surface area contributed by atoms with E-state index in [-0.39, 0.29) is 5.56 Å². The maximum absolute atomic E-state index is 12.1. The number of hydrogen-bond donors (Lipinski definition) is 0. The summed E-state index contributed by atoms with van der Waals surface area (Å²) in [5, 5.41) is 3.91. The molecule has 0 amide bonds. The van der Waals surface area contributed by atoms with Crippen LogP contribution in [0.4, 0.5) is 0 Å². The lowest BCUT2D eigenvalue weighted by Gasteiger charge is -2.33. The van der Waals surface area contributed by atoms with Crippen molar-refractivity contribution >= 4 is 27.6 Å². The number of nitrogens with zero attached hydrogens (tertiary/aromatic N) is 5. The van der Waals surface area contributed by atoms with Gasteiger partial charge < -0.3 is 4.42 Å². The van der Waals surface area contributed by atoms with E-state index >= 15 is 0 Å². The normalized spacial score (nSPS) is 16.1. The first kappa shape index (κ1) is 17.7. The molecule has 0 unspecified atom stereocenters. The highest BCUT2D eigenvalue weighted by molar-refractivity contribution is 7.15. The molecule has 1 fully saturated rings. The fourth-order valence-corrected chi connectivity index (χ4v) is 4.82. The van der Waals surface area contributed by atoms with Crippen molar-refractivity contribution in [3.63, 3.8) is 0 Å². The molecule has 5 heterocycles. The molecule has 9 heteroatoms. The summed E-state index contributed by atoms with van der Waals surface area (Å²) >= 11 is 3.12. The molecule has 1 aliphatic heterocycles. The van der Waals surface area contributed by atoms with Crippen LogP contribution in [-0.4, -0.2) is 50.3 Å². The highest BCUT2D eigenvalue weighted by Crippen LogP contribution is 2.24. The summed E-state index contributed by atoms with van der Waals surface area (Å²) in [7, 11) is 0. The number of fused-ring (bicyclic) bond motifs is 1. The van der Waals surface area contributed by atoms with Crippen LogP contribution in [0.5, 0.6) is 0 Å². The third kappa shape index (κ3) is 3.66. The molecule has 1 saturated heterocycles. The molecule has 144 valence electrons. The Bertz CT molecular complexity index is 1120. The maximum atomic E-state index is 12.1. The molecule has 0 N–H and O–H groups in total. The molecule has 4 aromatic rings. The predicted octanol–water partition coefficient (Wildman–Crippen LogP) is 2.79. The Morgan fingerprint density at radius 3 is 2.54 bits per heavy atom. The zero-order valence-corrected chi connectivity index (χ0v) is 16.8. The largest absolute Gasteiger partial charge is 0.444 e. The van der Waals surface area contributed by atoms with E-state index in [4.69, 9.17) is 4.42 Å². The van der Waals surface area contributed by atoms with Crippen molar-refractivity contribution < 1.29 is 4.42 Å². The van der Waals surface area contributed by atoms with Gasteiger partial charge in [0.2, 0.25) is 5.89 Å². The van der Waals surface area contributed by atoms with Crippen molar-refractivity contribution in [2.45, 2.75) is 13.1 Å². The average molecular weight is 414 g/mol. The molecule has 4 aromatic heterocycles. The highest BCUT2D eigenvalue weighted by Gasteiger charge is 2.19. The van der Waals surface area contributed by atoms with Gasteiger partial charge in [-0.2, -0.15) is 0 Å². The van der Waals surface area contributed by atoms with Gasteiger partial charge in [0, 0.05) is 56.9 Å². The number of rotatable bonds is 5. The third-order valence-corrected chi connectivity index (χ3v) is 6.49. The molecule has 7 nitrogen and oxygen atoms in total. The fourth-order valence-electron chi connectivity index (χ4n) is 3.43. The van der Waals surface area contributed by atoms with Crippen molar-refractivity contribution in [1.82, 2.24) is 24.2 Å². The second-order valence-corrected chi connectivity index (χ2v) is 8.64. The second-order valence-electron chi connectivity index (χ2n) is 6.81. The summed E-state index contributed by atoms with van der Waals surface area (Å²) in [4.78, 5) is 27.9. The minimum absolute atomic E-state index is 0.00698. The monoisotopic (exact) mass is 413 g/mol. The van der Waals surface area contributed by atoms with Crippen molar-refractivity contribution in [2.75, 3.05) is 26.2 Å². The predicted molar refractivity (Wildman–Crippen MR) is 110 cm³/mol. The van der Waals surface area contributed by atoms with Crippen LogP contribution < -0.4 is 5.56 Å². The van der Waals surface area contributed by atoms with Crippen molar-refractivity contribution in [2.24, 2.45) is 0 Å². The van der Waals surface area contributed by atoms with Gasteiger partial charge in [-0.1, -0.05) is 6.07 Å². The van der Waals surface area contributed by atoms with Gasteiger partial charge in [0.25, 0.3) is 5.56 Å². The van der Waals surface area contributed by atoms with Crippen molar-refractivity contribution in [3.8, 4) is 10.8 Å². The molecule has 0 radical (unpaired) electrons. The number of hydrogen-bond acceptors (Lipinski definition) is 8. The van der Waals surface area contributed by atoms with Gasteiger partial charge in [0.15, 0.2) is 4.96 Å². The summed E-state index contributed by atoms with van der Waals surface area (Å²) in [5.41, 5.74) is 1.81. The van der Waals surface area contributed by atoms with E-state index in [1.807, 2.05) is 22.9 Å². The Kier molecular flexibility index (Phi) is 4.81. The van der Waals surface area contributed by atoms with E-state index in [9.17, 15) is 4.79 Å². The smallest absolute Gasteiger partial charge is 0.258 e. The van der Waals surface area contributed by atoms with Gasteiger partial charge in [0.05, 0.1) is 16.3 Å². The summed E-state index contributed by atoms with van der Waals surface area (Å²) in [6.45, 7) is 5.32. The third-order valence-electron chi connectivity index (χ3n) is 4.88. The molecular formula is C19H19N5O2S2. The van der Waals surface area contributed by atoms with Crippen LogP contribution in [-0.2, 0) is 13.1 Å². The number of oxazole rings is 1. The molecule has 1 aliphatic rings. The van der Waals surface area contributed by atoms with E-state index in [0.717, 1.165) is 53.9 Å². The van der Waals surface area contributed by atoms with Crippen LogP contribution in [0.15, 0.2) is 50.6 Å². The maximum Gasteiger partial charge on any atom is 0.258 e. The van der Waals surface area contributed by atoms with E-state index in [1.165, 1.54) is 11.3 Å². The lowest BCUT2D eigenvalue weighted by atomic mass is 10.2. The lowest BCUT2D eigenvalue weighted by Crippen LogP contribution is -2.45. The molecule has 28 heavy (non-hydrogen) atoms. The first-order chi connectivity index (χ1) is 13.7. The van der Waals surface area contributed by atoms with Gasteiger partial charge in [-0.3, -0.25) is 19.0 Å². The summed E-state index contributed by atoms with van der Waals surface area (Å²) in [6.07, 6.45) is 3.53. The minimum Gasteiger partial charge on any atom is -0.444 e. The van der Waals surface area contributed by atoms with Gasteiger partial charge in [-0.15, -0.1) is 22.7 Å². The zero-order valence-electron chi connectivity index (χ0n) is 15.2. The second kappa shape index (κ2) is 7.59. The highest BCUT2D eigenvalue weighted by atomic mass is 32.1. The van der Waals surface area contributed by atoms with Crippen LogP contribution in [0, 0.1) is 0 Å². The van der Waals surface area contributed by atoms with E-state index in [0.29, 0.717) is 12.4 Å². The lowest BCUT2D eigenvalue weighted by molar-refractivity contribution is 0.120. The quantitative estimate of drug-likeness (QED) is 0.501. The van der Waals surface area contributed by atoms with Crippen LogP contribution in [0.25, 0.3) is 15.7 Å². The molecular weight excluding hydrogens is 394 g/mol. The standard InChI is InChI=1S/C19H19N5O2S2/c25-17-10-14(21-19-24(17)7-9-28-19)11-22-3-5-23(6-4-22)12-15-13-26-18(20-15)16-2-1-8-27-16/h1-2,7-10,13H,3-6,11-12H2. The Balaban J connectivity index is 1.18. The number of thiazole rings is 1. The van der Waals surface area contributed by atoms with Gasteiger partial charge in [-0.25, -0.2) is 9.97 Å². The van der Waals surface area contributed by atoms with Crippen LogP contribution in [0.3, 0.4) is 0 Å². The molecule has 0 atom stereocenters. The topological polar surface area (TPSA) is 66.9 Å². The van der Waals surface area contributed by atoms with Gasteiger partial charge in [0.1, 0.15) is 6.26 Å². The van der Waals surface area contributed by atoms with Gasteiger partial charge in [-0.05, 0) is 11.4 Å². The summed E-state index contributed by atoms with van der Waals surface area (Å²) in [6, 6.07) is 5.67. The first-order valence-electron chi connectivity index (χ1n) is 9.13. The number of thiophene rings is 1. The summed E-state index contributed by atoms with van der Waals surface area (Å²) in [5.74, 6) is 0.699. The fraction of sp³-hybridized carbons (Fsp3) is 0.316. The molecule has 0 bridgehead atoms. The van der Waals surface area contributed by atoms with Crippen molar-refractivity contribution in [1.29, 1.82) is 0 Å². The zero-order chi connectivity index (χ0) is 18.9. The van der Waals surface area contributed by atoms with Crippen LogP contribution >= 0.6 is 22.7 Å². The SMILES string of the molecule is O=c1cc(CN2CCN(Cc3coc(-c4cccs4)n3)CC2)nc2sccn12. The van der Waals surface area contributed by atoms with Crippen LogP contribution in [0.1, 0.15) is 11.4 Å². The molecule has 0 aliphatic carbocycles. The Morgan fingerprint density at radius 2 is 1.79 bits per heavy atom. The van der Waals surface area contributed by atoms with E-state index in [2.05, 4.69) is 19.8 Å². The van der Waals surface area contributed by atoms with Gasteiger partial charge >= 0.3 is 0 Å².